The number of nitrogens with two attached hydrogens (primary N) is 1. The van der Waals surface area contributed by atoms with Crippen molar-refractivity contribution in [1.82, 2.24) is 9.38 Å². The van der Waals surface area contributed by atoms with E-state index in [-0.39, 0.29) is 0 Å². The topological polar surface area (TPSA) is 72.4 Å². The fraction of sp³-hybridized carbons (Fsp3) is 0.222. The lowest BCUT2D eigenvalue weighted by Gasteiger charge is -2.07. The zero-order valence-electron chi connectivity index (χ0n) is 13.1. The van der Waals surface area contributed by atoms with E-state index < -0.39 is 0 Å². The van der Waals surface area contributed by atoms with Gasteiger partial charge in [-0.3, -0.25) is 4.79 Å². The zero-order chi connectivity index (χ0) is 16.2. The number of nitrogens with zero attached hydrogens (tertiary/aromatic N) is 2. The molecule has 1 fully saturated rings. The molecule has 2 aromatic heterocycles. The van der Waals surface area contributed by atoms with Crippen LogP contribution in [0.5, 0.6) is 0 Å². The van der Waals surface area contributed by atoms with Gasteiger partial charge in [0.1, 0.15) is 5.65 Å². The van der Waals surface area contributed by atoms with Gasteiger partial charge in [0.25, 0.3) is 0 Å². The number of imidazole rings is 1. The fourth-order valence-corrected chi connectivity index (χ4v) is 2.23. The number of hydrogen-bond acceptors (Lipinski definition) is 3. The summed E-state index contributed by atoms with van der Waals surface area (Å²) in [4.78, 5) is 14.7. The summed E-state index contributed by atoms with van der Waals surface area (Å²) in [6.07, 6.45) is 8.86. The maximum Gasteiger partial charge on any atom is 0.212 e. The summed E-state index contributed by atoms with van der Waals surface area (Å²) in [5, 5.41) is 2.54. The number of carbonyl (C=O) groups excluding carboxylic acids is 1. The van der Waals surface area contributed by atoms with Gasteiger partial charge >= 0.3 is 0 Å². The Balaban J connectivity index is 0.000000468. The molecule has 1 aliphatic carbocycles. The van der Waals surface area contributed by atoms with Crippen molar-refractivity contribution in [2.75, 3.05) is 11.1 Å². The van der Waals surface area contributed by atoms with E-state index in [0.717, 1.165) is 28.0 Å². The van der Waals surface area contributed by atoms with Gasteiger partial charge < -0.3 is 15.5 Å². The van der Waals surface area contributed by atoms with Crippen molar-refractivity contribution >= 4 is 23.6 Å². The van der Waals surface area contributed by atoms with Gasteiger partial charge in [-0.1, -0.05) is 25.3 Å². The van der Waals surface area contributed by atoms with E-state index in [1.54, 1.807) is 6.20 Å². The van der Waals surface area contributed by atoms with Crippen molar-refractivity contribution in [1.29, 1.82) is 0 Å². The van der Waals surface area contributed by atoms with Gasteiger partial charge in [0, 0.05) is 11.9 Å². The minimum atomic E-state index is 0.529. The molecule has 3 aromatic rings. The first-order valence-corrected chi connectivity index (χ1v) is 7.73. The second-order valence-electron chi connectivity index (χ2n) is 5.71. The van der Waals surface area contributed by atoms with Crippen molar-refractivity contribution in [3.8, 4) is 11.1 Å². The van der Waals surface area contributed by atoms with Gasteiger partial charge in [-0.2, -0.15) is 0 Å². The third-order valence-corrected chi connectivity index (χ3v) is 3.58. The Kier molecular flexibility index (Phi) is 4.28. The summed E-state index contributed by atoms with van der Waals surface area (Å²) in [5.74, 6) is 0.529. The van der Waals surface area contributed by atoms with E-state index >= 15 is 0 Å². The van der Waals surface area contributed by atoms with E-state index in [1.807, 2.05) is 47.9 Å². The van der Waals surface area contributed by atoms with E-state index in [0.29, 0.717) is 12.2 Å². The first-order valence-electron chi connectivity index (χ1n) is 7.73. The summed E-state index contributed by atoms with van der Waals surface area (Å²) in [6, 6.07) is 9.75. The van der Waals surface area contributed by atoms with Crippen LogP contribution in [0.25, 0.3) is 16.8 Å². The molecule has 0 radical (unpaired) electrons. The van der Waals surface area contributed by atoms with Crippen LogP contribution in [0.3, 0.4) is 0 Å². The number of amides is 1. The third kappa shape index (κ3) is 3.69. The Bertz CT molecular complexity index is 833. The molecule has 0 saturated heterocycles. The molecule has 1 saturated carbocycles. The van der Waals surface area contributed by atoms with E-state index in [1.165, 1.54) is 19.3 Å². The van der Waals surface area contributed by atoms with Gasteiger partial charge in [-0.05, 0) is 47.9 Å². The lowest BCUT2D eigenvalue weighted by atomic mass is 10.0. The number of fused-ring (bicyclic) bond motifs is 1. The molecule has 5 nitrogen and oxygen atoms in total. The van der Waals surface area contributed by atoms with Crippen LogP contribution in [-0.4, -0.2) is 15.8 Å². The number of aromatic nitrogens is 2. The molecule has 5 heteroatoms. The Morgan fingerprint density at radius 3 is 2.65 bits per heavy atom. The number of hydrogen-bond donors (Lipinski definition) is 2. The molecule has 1 aromatic carbocycles. The number of nitrogens with one attached hydrogen (secondary N) is 1. The second-order valence-corrected chi connectivity index (χ2v) is 5.71. The number of aryl methyl sites for hydroxylation is 1. The number of rotatable bonds is 3. The monoisotopic (exact) mass is 308 g/mol. The predicted molar refractivity (Wildman–Crippen MR) is 93.3 cm³/mol. The minimum Gasteiger partial charge on any atom is -0.399 e. The molecule has 118 valence electrons. The third-order valence-electron chi connectivity index (χ3n) is 3.58. The van der Waals surface area contributed by atoms with E-state index in [4.69, 9.17) is 5.73 Å². The first-order chi connectivity index (χ1) is 11.2. The van der Waals surface area contributed by atoms with Crippen LogP contribution in [0.15, 0.2) is 42.7 Å². The normalized spacial score (nSPS) is 12.4. The van der Waals surface area contributed by atoms with Crippen LogP contribution in [-0.2, 0) is 4.79 Å². The summed E-state index contributed by atoms with van der Waals surface area (Å²) in [5.41, 5.74) is 10.7. The van der Waals surface area contributed by atoms with Crippen molar-refractivity contribution in [2.45, 2.75) is 26.2 Å². The molecule has 3 N–H and O–H groups in total. The molecule has 2 heterocycles. The Morgan fingerprint density at radius 1 is 1.17 bits per heavy atom. The first kappa shape index (κ1) is 15.1. The maximum absolute atomic E-state index is 10.4. The molecule has 0 spiro atoms. The zero-order valence-corrected chi connectivity index (χ0v) is 13.1. The summed E-state index contributed by atoms with van der Waals surface area (Å²) >= 11 is 0. The highest BCUT2D eigenvalue weighted by atomic mass is 16.1. The fourth-order valence-electron chi connectivity index (χ4n) is 2.23. The molecule has 0 bridgehead atoms. The SMILES string of the molecule is C1CC1.Cc1ccc(N)cc1-c1ccc2nc(NC=O)cn2c1. The molecule has 0 aliphatic heterocycles. The summed E-state index contributed by atoms with van der Waals surface area (Å²) in [6.45, 7) is 2.05. The number of pyridine rings is 1. The average Bonchev–Trinajstić information content (AvgIpc) is 3.36. The van der Waals surface area contributed by atoms with Gasteiger partial charge in [0.15, 0.2) is 5.82 Å². The molecular formula is C18H20N4O. The predicted octanol–water partition coefficient (Wildman–Crippen LogP) is 3.63. The molecule has 1 amide bonds. The van der Waals surface area contributed by atoms with Gasteiger partial charge in [-0.15, -0.1) is 0 Å². The molecule has 0 atom stereocenters. The standard InChI is InChI=1S/C15H14N4O.C3H6/c1-10-2-4-12(16)6-13(10)11-3-5-15-18-14(17-9-20)8-19(15)7-11;1-2-3-1/h2-9H,16H2,1H3,(H,17,20);1-3H2. The van der Waals surface area contributed by atoms with Crippen molar-refractivity contribution < 1.29 is 4.79 Å². The Morgan fingerprint density at radius 2 is 1.96 bits per heavy atom. The average molecular weight is 308 g/mol. The largest absolute Gasteiger partial charge is 0.399 e. The summed E-state index contributed by atoms with van der Waals surface area (Å²) < 4.78 is 1.88. The van der Waals surface area contributed by atoms with E-state index in [2.05, 4.69) is 10.3 Å². The number of anilines is 2. The maximum atomic E-state index is 10.4. The smallest absolute Gasteiger partial charge is 0.212 e. The van der Waals surface area contributed by atoms with Crippen LogP contribution in [0, 0.1) is 6.92 Å². The molecule has 23 heavy (non-hydrogen) atoms. The van der Waals surface area contributed by atoms with Crippen molar-refractivity contribution in [3.63, 3.8) is 0 Å². The van der Waals surface area contributed by atoms with Crippen LogP contribution >= 0.6 is 0 Å². The summed E-state index contributed by atoms with van der Waals surface area (Å²) in [7, 11) is 0. The number of benzene rings is 1. The van der Waals surface area contributed by atoms with Crippen LogP contribution in [0.4, 0.5) is 11.5 Å². The lowest BCUT2D eigenvalue weighted by molar-refractivity contribution is -0.105. The van der Waals surface area contributed by atoms with Crippen LogP contribution < -0.4 is 11.1 Å². The Labute approximate surface area is 135 Å². The van der Waals surface area contributed by atoms with E-state index in [9.17, 15) is 4.79 Å². The Hall–Kier alpha value is -2.82. The lowest BCUT2D eigenvalue weighted by Crippen LogP contribution is -1.92. The molecule has 0 unspecified atom stereocenters. The van der Waals surface area contributed by atoms with Crippen LogP contribution in [0.1, 0.15) is 24.8 Å². The van der Waals surface area contributed by atoms with Crippen molar-refractivity contribution in [2.24, 2.45) is 0 Å². The quantitative estimate of drug-likeness (QED) is 0.573. The van der Waals surface area contributed by atoms with Gasteiger partial charge in [0.05, 0.1) is 6.20 Å². The minimum absolute atomic E-state index is 0.529. The van der Waals surface area contributed by atoms with Crippen LogP contribution in [0.2, 0.25) is 0 Å². The molecule has 1 aliphatic rings. The van der Waals surface area contributed by atoms with Gasteiger partial charge in [0.2, 0.25) is 6.41 Å². The number of carbonyl (C=O) groups is 1. The highest BCUT2D eigenvalue weighted by molar-refractivity contribution is 5.73. The molecular weight excluding hydrogens is 288 g/mol. The number of nitrogen functional groups attached to an aromatic ring is 1. The molecule has 4 rings (SSSR count). The van der Waals surface area contributed by atoms with Crippen molar-refractivity contribution in [3.05, 3.63) is 48.3 Å². The second kappa shape index (κ2) is 6.52. The highest BCUT2D eigenvalue weighted by Gasteiger charge is 2.06. The highest BCUT2D eigenvalue weighted by Crippen LogP contribution is 2.26. The van der Waals surface area contributed by atoms with Gasteiger partial charge in [-0.25, -0.2) is 4.98 Å².